The molecule has 0 aliphatic heterocycles. The van der Waals surface area contributed by atoms with E-state index in [1.165, 1.54) is 0 Å². The van der Waals surface area contributed by atoms with Crippen LogP contribution in [0.1, 0.15) is 47.2 Å². The van der Waals surface area contributed by atoms with Crippen LogP contribution in [0.15, 0.2) is 60.8 Å². The van der Waals surface area contributed by atoms with Gasteiger partial charge in [-0.2, -0.15) is 0 Å². The van der Waals surface area contributed by atoms with Gasteiger partial charge in [0.2, 0.25) is 0 Å². The van der Waals surface area contributed by atoms with Crippen LogP contribution >= 0.6 is 0 Å². The summed E-state index contributed by atoms with van der Waals surface area (Å²) >= 11 is 0. The van der Waals surface area contributed by atoms with Crippen LogP contribution in [0, 0.1) is 13.8 Å². The topological polar surface area (TPSA) is 93.7 Å². The zero-order chi connectivity index (χ0) is 25.2. The highest BCUT2D eigenvalue weighted by Gasteiger charge is 2.22. The number of aryl methyl sites for hydroxylation is 2. The minimum absolute atomic E-state index is 0.0729. The molecule has 2 aromatic carbocycles. The third-order valence-electron chi connectivity index (χ3n) is 7.08. The molecule has 0 bridgehead atoms. The van der Waals surface area contributed by atoms with Gasteiger partial charge in [-0.25, -0.2) is 4.98 Å². The molecule has 0 unspecified atom stereocenters. The Morgan fingerprint density at radius 3 is 2.39 bits per heavy atom. The Morgan fingerprint density at radius 1 is 1.03 bits per heavy atom. The Bertz CT molecular complexity index is 1360. The van der Waals surface area contributed by atoms with Crippen LogP contribution in [0.2, 0.25) is 0 Å². The average molecular weight is 484 g/mol. The van der Waals surface area contributed by atoms with Gasteiger partial charge in [0.25, 0.3) is 5.91 Å². The predicted octanol–water partition coefficient (Wildman–Crippen LogP) is 5.37. The number of ether oxygens (including phenoxy) is 1. The molecule has 1 fully saturated rings. The SMILES string of the molecule is COc1ccc(-c2nc3cc(C(=O)NC4CCC(N)CC4)ccn3c2Nc2c(C)cccc2C)cc1. The van der Waals surface area contributed by atoms with Gasteiger partial charge in [-0.3, -0.25) is 9.20 Å². The van der Waals surface area contributed by atoms with Crippen molar-refractivity contribution < 1.29 is 9.53 Å². The number of hydrogen-bond acceptors (Lipinski definition) is 5. The maximum atomic E-state index is 13.0. The maximum absolute atomic E-state index is 13.0. The van der Waals surface area contributed by atoms with Gasteiger partial charge in [-0.15, -0.1) is 0 Å². The first-order valence-corrected chi connectivity index (χ1v) is 12.5. The van der Waals surface area contributed by atoms with E-state index < -0.39 is 0 Å². The van der Waals surface area contributed by atoms with Gasteiger partial charge >= 0.3 is 0 Å². The zero-order valence-electron chi connectivity index (χ0n) is 21.0. The molecule has 0 atom stereocenters. The molecule has 4 aromatic rings. The van der Waals surface area contributed by atoms with E-state index in [0.717, 1.165) is 65.3 Å². The van der Waals surface area contributed by atoms with Crippen molar-refractivity contribution in [1.82, 2.24) is 14.7 Å². The summed E-state index contributed by atoms with van der Waals surface area (Å²) in [6, 6.07) is 18.2. The second-order valence-electron chi connectivity index (χ2n) is 9.66. The average Bonchev–Trinajstić information content (AvgIpc) is 3.25. The molecule has 0 saturated heterocycles. The first-order chi connectivity index (χ1) is 17.4. The van der Waals surface area contributed by atoms with Gasteiger partial charge in [0.15, 0.2) is 0 Å². The molecule has 0 spiro atoms. The first kappa shape index (κ1) is 23.9. The molecule has 36 heavy (non-hydrogen) atoms. The smallest absolute Gasteiger partial charge is 0.251 e. The van der Waals surface area contributed by atoms with Crippen LogP contribution in [-0.4, -0.2) is 34.5 Å². The number of amides is 1. The second-order valence-corrected chi connectivity index (χ2v) is 9.66. The highest BCUT2D eigenvalue weighted by molar-refractivity contribution is 5.95. The summed E-state index contributed by atoms with van der Waals surface area (Å²) in [5, 5.41) is 6.81. The van der Waals surface area contributed by atoms with Crippen molar-refractivity contribution in [3.8, 4) is 17.0 Å². The van der Waals surface area contributed by atoms with E-state index in [0.29, 0.717) is 11.2 Å². The summed E-state index contributed by atoms with van der Waals surface area (Å²) in [6.45, 7) is 4.18. The third-order valence-corrected chi connectivity index (χ3v) is 7.08. The third kappa shape index (κ3) is 4.79. The quantitative estimate of drug-likeness (QED) is 0.343. The Morgan fingerprint density at radius 2 is 1.72 bits per heavy atom. The monoisotopic (exact) mass is 483 g/mol. The number of carbonyl (C=O) groups excluding carboxylic acids is 1. The van der Waals surface area contributed by atoms with Gasteiger partial charge in [0.1, 0.15) is 22.9 Å². The number of carbonyl (C=O) groups is 1. The predicted molar refractivity (Wildman–Crippen MR) is 144 cm³/mol. The standard InChI is InChI=1S/C29H33N5O2/c1-18-5-4-6-19(2)26(18)33-28-27(20-7-13-24(36-3)14-8-20)32-25-17-21(15-16-34(25)28)29(35)31-23-11-9-22(30)10-12-23/h4-8,13-17,22-23,33H,9-12,30H2,1-3H3,(H,31,35). The summed E-state index contributed by atoms with van der Waals surface area (Å²) in [7, 11) is 1.65. The van der Waals surface area contributed by atoms with Crippen molar-refractivity contribution in [2.24, 2.45) is 5.73 Å². The molecule has 2 aromatic heterocycles. The van der Waals surface area contributed by atoms with Crippen LogP contribution in [0.4, 0.5) is 11.5 Å². The van der Waals surface area contributed by atoms with Crippen LogP contribution < -0.4 is 21.1 Å². The highest BCUT2D eigenvalue weighted by atomic mass is 16.5. The van der Waals surface area contributed by atoms with Crippen LogP contribution in [0.25, 0.3) is 16.9 Å². The van der Waals surface area contributed by atoms with Crippen molar-refractivity contribution in [3.05, 3.63) is 77.5 Å². The van der Waals surface area contributed by atoms with Crippen molar-refractivity contribution in [1.29, 1.82) is 0 Å². The number of imidazole rings is 1. The van der Waals surface area contributed by atoms with Crippen molar-refractivity contribution in [3.63, 3.8) is 0 Å². The number of pyridine rings is 1. The van der Waals surface area contributed by atoms with E-state index in [1.807, 2.05) is 47.0 Å². The number of nitrogens with one attached hydrogen (secondary N) is 2. The molecule has 1 aliphatic rings. The minimum atomic E-state index is -0.0729. The molecule has 7 nitrogen and oxygen atoms in total. The molecule has 5 rings (SSSR count). The fraction of sp³-hybridized carbons (Fsp3) is 0.310. The second kappa shape index (κ2) is 10.0. The maximum Gasteiger partial charge on any atom is 0.251 e. The van der Waals surface area contributed by atoms with Gasteiger partial charge in [0, 0.05) is 35.1 Å². The molecule has 4 N–H and O–H groups in total. The van der Waals surface area contributed by atoms with E-state index in [9.17, 15) is 4.79 Å². The Hall–Kier alpha value is -3.84. The lowest BCUT2D eigenvalue weighted by molar-refractivity contribution is 0.0926. The number of benzene rings is 2. The number of fused-ring (bicyclic) bond motifs is 1. The van der Waals surface area contributed by atoms with Crippen LogP contribution in [0.5, 0.6) is 5.75 Å². The molecule has 186 valence electrons. The van der Waals surface area contributed by atoms with Crippen LogP contribution in [-0.2, 0) is 0 Å². The zero-order valence-corrected chi connectivity index (χ0v) is 21.0. The summed E-state index contributed by atoms with van der Waals surface area (Å²) in [5.74, 6) is 1.56. The molecule has 1 saturated carbocycles. The molecule has 1 amide bonds. The number of rotatable bonds is 6. The number of nitrogens with two attached hydrogens (primary N) is 1. The molecular weight excluding hydrogens is 450 g/mol. The molecule has 2 heterocycles. The minimum Gasteiger partial charge on any atom is -0.497 e. The lowest BCUT2D eigenvalue weighted by atomic mass is 9.91. The number of para-hydroxylation sites is 1. The van der Waals surface area contributed by atoms with Gasteiger partial charge < -0.3 is 21.1 Å². The van der Waals surface area contributed by atoms with E-state index in [2.05, 4.69) is 42.7 Å². The highest BCUT2D eigenvalue weighted by Crippen LogP contribution is 2.34. The fourth-order valence-corrected chi connectivity index (χ4v) is 4.92. The van der Waals surface area contributed by atoms with E-state index >= 15 is 0 Å². The van der Waals surface area contributed by atoms with E-state index in [1.54, 1.807) is 7.11 Å². The first-order valence-electron chi connectivity index (χ1n) is 12.5. The van der Waals surface area contributed by atoms with Gasteiger partial charge in [-0.05, 0) is 87.1 Å². The molecule has 7 heteroatoms. The van der Waals surface area contributed by atoms with E-state index in [-0.39, 0.29) is 18.0 Å². The normalized spacial score (nSPS) is 17.7. The number of methoxy groups -OCH3 is 1. The summed E-state index contributed by atoms with van der Waals surface area (Å²) in [5.41, 5.74) is 12.4. The number of hydrogen-bond donors (Lipinski definition) is 3. The lowest BCUT2D eigenvalue weighted by Gasteiger charge is -2.26. The Balaban J connectivity index is 1.53. The largest absolute Gasteiger partial charge is 0.497 e. The van der Waals surface area contributed by atoms with Gasteiger partial charge in [0.05, 0.1) is 7.11 Å². The van der Waals surface area contributed by atoms with Crippen LogP contribution in [0.3, 0.4) is 0 Å². The Kier molecular flexibility index (Phi) is 6.65. The van der Waals surface area contributed by atoms with Crippen molar-refractivity contribution >= 4 is 23.1 Å². The van der Waals surface area contributed by atoms with E-state index in [4.69, 9.17) is 15.5 Å². The number of nitrogens with zero attached hydrogens (tertiary/aromatic N) is 2. The lowest BCUT2D eigenvalue weighted by Crippen LogP contribution is -2.40. The number of anilines is 2. The molecule has 0 radical (unpaired) electrons. The van der Waals surface area contributed by atoms with Crippen molar-refractivity contribution in [2.75, 3.05) is 12.4 Å². The summed E-state index contributed by atoms with van der Waals surface area (Å²) in [6.07, 6.45) is 5.65. The fourth-order valence-electron chi connectivity index (χ4n) is 4.92. The van der Waals surface area contributed by atoms with Gasteiger partial charge in [-0.1, -0.05) is 18.2 Å². The Labute approximate surface area is 211 Å². The summed E-state index contributed by atoms with van der Waals surface area (Å²) < 4.78 is 7.34. The summed E-state index contributed by atoms with van der Waals surface area (Å²) in [4.78, 5) is 18.0. The van der Waals surface area contributed by atoms with Crippen molar-refractivity contribution in [2.45, 2.75) is 51.6 Å². The molecular formula is C29H33N5O2. The number of aromatic nitrogens is 2. The molecule has 1 aliphatic carbocycles.